The van der Waals surface area contributed by atoms with Crippen molar-refractivity contribution in [2.24, 2.45) is 0 Å². The van der Waals surface area contributed by atoms with Crippen molar-refractivity contribution in [1.29, 1.82) is 0 Å². The molecule has 3 N–H and O–H groups in total. The van der Waals surface area contributed by atoms with Crippen molar-refractivity contribution in [3.63, 3.8) is 0 Å². The summed E-state index contributed by atoms with van der Waals surface area (Å²) >= 11 is 0. The van der Waals surface area contributed by atoms with Gasteiger partial charge in [0.2, 0.25) is 0 Å². The lowest BCUT2D eigenvalue weighted by Crippen LogP contribution is -2.31. The highest BCUT2D eigenvalue weighted by Gasteiger charge is 2.20. The van der Waals surface area contributed by atoms with Crippen LogP contribution in [-0.4, -0.2) is 26.3 Å². The molecule has 0 atom stereocenters. The van der Waals surface area contributed by atoms with E-state index in [-0.39, 0.29) is 28.1 Å². The second kappa shape index (κ2) is 9.65. The van der Waals surface area contributed by atoms with E-state index in [2.05, 4.69) is 15.4 Å². The molecule has 0 radical (unpaired) electrons. The normalized spacial score (nSPS) is 11.1. The first kappa shape index (κ1) is 23.0. The fraction of sp³-hybridized carbons (Fsp3) is 0.167. The average Bonchev–Trinajstić information content (AvgIpc) is 2.74. The molecule has 0 aliphatic rings. The van der Waals surface area contributed by atoms with Crippen molar-refractivity contribution in [1.82, 2.24) is 5.32 Å². The number of amides is 2. The number of carbonyl (C=O) groups is 2. The van der Waals surface area contributed by atoms with Crippen molar-refractivity contribution in [2.45, 2.75) is 31.7 Å². The number of anilines is 2. The minimum Gasteiger partial charge on any atom is -0.350 e. The molecule has 0 fully saturated rings. The van der Waals surface area contributed by atoms with E-state index < -0.39 is 15.9 Å². The summed E-state index contributed by atoms with van der Waals surface area (Å²) < 4.78 is 28.1. The zero-order valence-corrected chi connectivity index (χ0v) is 18.9. The zero-order valence-electron chi connectivity index (χ0n) is 18.0. The van der Waals surface area contributed by atoms with Gasteiger partial charge < -0.3 is 10.6 Å². The maximum atomic E-state index is 13.0. The molecule has 0 saturated carbocycles. The molecule has 2 amide bonds. The fourth-order valence-electron chi connectivity index (χ4n) is 3.01. The van der Waals surface area contributed by atoms with Crippen molar-refractivity contribution in [2.75, 3.05) is 10.0 Å². The Morgan fingerprint density at radius 2 is 1.28 bits per heavy atom. The molecule has 0 bridgehead atoms. The van der Waals surface area contributed by atoms with Gasteiger partial charge in [0.25, 0.3) is 21.8 Å². The van der Waals surface area contributed by atoms with Crippen LogP contribution >= 0.6 is 0 Å². The van der Waals surface area contributed by atoms with E-state index >= 15 is 0 Å². The zero-order chi connectivity index (χ0) is 23.3. The van der Waals surface area contributed by atoms with Crippen molar-refractivity contribution < 1.29 is 18.0 Å². The third-order valence-electron chi connectivity index (χ3n) is 4.59. The summed E-state index contributed by atoms with van der Waals surface area (Å²) in [6, 6.07) is 19.3. The van der Waals surface area contributed by atoms with E-state index in [4.69, 9.17) is 0 Å². The number of carbonyl (C=O) groups excluding carboxylic acids is 2. The van der Waals surface area contributed by atoms with E-state index in [1.807, 2.05) is 20.8 Å². The standard InChI is InChI=1S/C24H25N3O4S/c1-16(2)25-23(28)19-8-4-6-10-21(19)26-24(29)20-9-5-7-11-22(20)27-32(30,31)18-14-12-17(3)13-15-18/h4-16,27H,1-3H3,(H,25,28)(H,26,29). The Kier molecular flexibility index (Phi) is 6.95. The van der Waals surface area contributed by atoms with Crippen LogP contribution < -0.4 is 15.4 Å². The summed E-state index contributed by atoms with van der Waals surface area (Å²) in [6.07, 6.45) is 0. The Balaban J connectivity index is 1.87. The molecule has 8 heteroatoms. The van der Waals surface area contributed by atoms with Gasteiger partial charge in [-0.3, -0.25) is 14.3 Å². The summed E-state index contributed by atoms with van der Waals surface area (Å²) in [5.41, 5.74) is 1.83. The highest BCUT2D eigenvalue weighted by atomic mass is 32.2. The summed E-state index contributed by atoms with van der Waals surface area (Å²) in [5.74, 6) is -0.860. The minimum absolute atomic E-state index is 0.0665. The minimum atomic E-state index is -3.89. The van der Waals surface area contributed by atoms with E-state index in [0.29, 0.717) is 11.3 Å². The van der Waals surface area contributed by atoms with Crippen LogP contribution in [0.15, 0.2) is 77.7 Å². The summed E-state index contributed by atoms with van der Waals surface area (Å²) in [4.78, 5) is 25.6. The number of hydrogen-bond donors (Lipinski definition) is 3. The number of hydrogen-bond acceptors (Lipinski definition) is 4. The Hall–Kier alpha value is -3.65. The number of para-hydroxylation sites is 2. The number of nitrogens with one attached hydrogen (secondary N) is 3. The van der Waals surface area contributed by atoms with Crippen LogP contribution in [0.3, 0.4) is 0 Å². The summed E-state index contributed by atoms with van der Waals surface area (Å²) in [5, 5.41) is 5.51. The molecule has 0 aliphatic carbocycles. The molecule has 0 spiro atoms. The van der Waals surface area contributed by atoms with Gasteiger partial charge in [-0.15, -0.1) is 0 Å². The molecule has 0 heterocycles. The molecule has 3 rings (SSSR count). The molecule has 0 unspecified atom stereocenters. The topological polar surface area (TPSA) is 104 Å². The number of sulfonamides is 1. The Labute approximate surface area is 187 Å². The quantitative estimate of drug-likeness (QED) is 0.501. The second-order valence-corrected chi connectivity index (χ2v) is 9.27. The predicted octanol–water partition coefficient (Wildman–Crippen LogP) is 4.19. The smallest absolute Gasteiger partial charge is 0.261 e. The van der Waals surface area contributed by atoms with Gasteiger partial charge >= 0.3 is 0 Å². The van der Waals surface area contributed by atoms with Gasteiger partial charge in [0.1, 0.15) is 0 Å². The summed E-state index contributed by atoms with van der Waals surface area (Å²) in [7, 11) is -3.89. The summed E-state index contributed by atoms with van der Waals surface area (Å²) in [6.45, 7) is 5.55. The van der Waals surface area contributed by atoms with Crippen LogP contribution in [0, 0.1) is 6.92 Å². The first-order valence-electron chi connectivity index (χ1n) is 10.1. The lowest BCUT2D eigenvalue weighted by atomic mass is 10.1. The first-order valence-corrected chi connectivity index (χ1v) is 11.6. The molecule has 0 aliphatic heterocycles. The molecule has 166 valence electrons. The largest absolute Gasteiger partial charge is 0.350 e. The van der Waals surface area contributed by atoms with Gasteiger partial charge in [0.05, 0.1) is 27.4 Å². The molecular formula is C24H25N3O4S. The SMILES string of the molecule is Cc1ccc(S(=O)(=O)Nc2ccccc2C(=O)Nc2ccccc2C(=O)NC(C)C)cc1. The van der Waals surface area contributed by atoms with Gasteiger partial charge in [-0.05, 0) is 57.2 Å². The van der Waals surface area contributed by atoms with Crippen LogP contribution in [-0.2, 0) is 10.0 Å². The second-order valence-electron chi connectivity index (χ2n) is 7.59. The van der Waals surface area contributed by atoms with Crippen molar-refractivity contribution in [3.05, 3.63) is 89.5 Å². The van der Waals surface area contributed by atoms with Crippen molar-refractivity contribution >= 4 is 33.2 Å². The molecule has 3 aromatic carbocycles. The Morgan fingerprint density at radius 3 is 1.88 bits per heavy atom. The maximum Gasteiger partial charge on any atom is 0.261 e. The molecule has 0 saturated heterocycles. The third-order valence-corrected chi connectivity index (χ3v) is 5.97. The number of benzene rings is 3. The van der Waals surface area contributed by atoms with Crippen molar-refractivity contribution in [3.8, 4) is 0 Å². The maximum absolute atomic E-state index is 13.0. The molecule has 0 aromatic heterocycles. The average molecular weight is 452 g/mol. The molecular weight excluding hydrogens is 426 g/mol. The van der Waals surface area contributed by atoms with Gasteiger partial charge in [-0.25, -0.2) is 8.42 Å². The lowest BCUT2D eigenvalue weighted by Gasteiger charge is -2.15. The van der Waals surface area contributed by atoms with Crippen LogP contribution in [0.5, 0.6) is 0 Å². The fourth-order valence-corrected chi connectivity index (χ4v) is 4.09. The van der Waals surface area contributed by atoms with Crippen LogP contribution in [0.4, 0.5) is 11.4 Å². The van der Waals surface area contributed by atoms with E-state index in [1.54, 1.807) is 48.5 Å². The van der Waals surface area contributed by atoms with Gasteiger partial charge in [0, 0.05) is 6.04 Å². The lowest BCUT2D eigenvalue weighted by molar-refractivity contribution is 0.0944. The highest BCUT2D eigenvalue weighted by molar-refractivity contribution is 7.92. The molecule has 7 nitrogen and oxygen atoms in total. The monoisotopic (exact) mass is 451 g/mol. The third kappa shape index (κ3) is 5.53. The van der Waals surface area contributed by atoms with E-state index in [9.17, 15) is 18.0 Å². The Morgan fingerprint density at radius 1 is 0.750 bits per heavy atom. The first-order chi connectivity index (χ1) is 15.2. The number of aryl methyl sites for hydroxylation is 1. The van der Waals surface area contributed by atoms with Gasteiger partial charge in [-0.1, -0.05) is 42.0 Å². The predicted molar refractivity (Wildman–Crippen MR) is 125 cm³/mol. The molecule has 3 aromatic rings. The Bertz CT molecular complexity index is 1240. The van der Waals surface area contributed by atoms with Crippen LogP contribution in [0.1, 0.15) is 40.1 Å². The van der Waals surface area contributed by atoms with Gasteiger partial charge in [-0.2, -0.15) is 0 Å². The molecule has 32 heavy (non-hydrogen) atoms. The van der Waals surface area contributed by atoms with Crippen LogP contribution in [0.25, 0.3) is 0 Å². The highest BCUT2D eigenvalue weighted by Crippen LogP contribution is 2.23. The van der Waals surface area contributed by atoms with E-state index in [0.717, 1.165) is 5.56 Å². The number of rotatable bonds is 7. The van der Waals surface area contributed by atoms with E-state index in [1.165, 1.54) is 24.3 Å². The van der Waals surface area contributed by atoms with Gasteiger partial charge in [0.15, 0.2) is 0 Å². The van der Waals surface area contributed by atoms with Crippen LogP contribution in [0.2, 0.25) is 0 Å².